The summed E-state index contributed by atoms with van der Waals surface area (Å²) in [5, 5.41) is 8.67. The third-order valence-electron chi connectivity index (χ3n) is 1.68. The van der Waals surface area contributed by atoms with Crippen LogP contribution in [0.25, 0.3) is 0 Å². The zero-order chi connectivity index (χ0) is 8.10. The number of benzene rings is 1. The molecule has 0 aliphatic heterocycles. The maximum absolute atomic E-state index is 8.67. The number of hydrogen-bond acceptors (Lipinski definition) is 1. The fourth-order valence-electron chi connectivity index (χ4n) is 1.07. The Morgan fingerprint density at radius 2 is 2.00 bits per heavy atom. The second kappa shape index (κ2) is 4.14. The van der Waals surface area contributed by atoms with Gasteiger partial charge in [0.25, 0.3) is 0 Å². The average Bonchev–Trinajstić information content (AvgIpc) is 2.06. The first-order valence-electron chi connectivity index (χ1n) is 3.84. The van der Waals surface area contributed by atoms with Crippen molar-refractivity contribution < 1.29 is 5.11 Å². The van der Waals surface area contributed by atoms with E-state index in [-0.39, 0.29) is 6.61 Å². The minimum Gasteiger partial charge on any atom is -0.396 e. The predicted octanol–water partition coefficient (Wildman–Crippen LogP) is 1.60. The molecule has 0 amide bonds. The Labute approximate surface area is 67.7 Å². The topological polar surface area (TPSA) is 20.2 Å². The Morgan fingerprint density at radius 1 is 1.27 bits per heavy atom. The Hall–Kier alpha value is -0.820. The first-order chi connectivity index (χ1) is 5.36. The minimum atomic E-state index is 0.223. The summed E-state index contributed by atoms with van der Waals surface area (Å²) in [6.45, 7) is 4.02. The van der Waals surface area contributed by atoms with Crippen molar-refractivity contribution in [2.45, 2.75) is 12.8 Å². The smallest absolute Gasteiger partial charge is 0.0471 e. The highest BCUT2D eigenvalue weighted by Gasteiger charge is 1.92. The summed E-state index contributed by atoms with van der Waals surface area (Å²) in [6, 6.07) is 8.16. The van der Waals surface area contributed by atoms with Gasteiger partial charge < -0.3 is 5.11 Å². The van der Waals surface area contributed by atoms with Gasteiger partial charge in [-0.05, 0) is 30.9 Å². The van der Waals surface area contributed by atoms with Gasteiger partial charge in [0, 0.05) is 6.61 Å². The molecular formula is C10H13O. The fraction of sp³-hybridized carbons (Fsp3) is 0.300. The highest BCUT2D eigenvalue weighted by Crippen LogP contribution is 2.05. The number of aliphatic hydroxyl groups excluding tert-OH is 1. The van der Waals surface area contributed by atoms with Crippen LogP contribution in [0.1, 0.15) is 11.1 Å². The molecule has 1 heteroatoms. The summed E-state index contributed by atoms with van der Waals surface area (Å²) in [4.78, 5) is 0. The van der Waals surface area contributed by atoms with Gasteiger partial charge in [-0.1, -0.05) is 24.3 Å². The maximum atomic E-state index is 8.67. The van der Waals surface area contributed by atoms with Crippen molar-refractivity contribution in [1.29, 1.82) is 0 Å². The quantitative estimate of drug-likeness (QED) is 0.692. The van der Waals surface area contributed by atoms with Crippen LogP contribution in [0.4, 0.5) is 0 Å². The largest absolute Gasteiger partial charge is 0.396 e. The van der Waals surface area contributed by atoms with Crippen molar-refractivity contribution in [1.82, 2.24) is 0 Å². The molecule has 0 fully saturated rings. The summed E-state index contributed by atoms with van der Waals surface area (Å²) < 4.78 is 0. The Morgan fingerprint density at radius 3 is 2.64 bits per heavy atom. The molecule has 1 N–H and O–H groups in total. The van der Waals surface area contributed by atoms with E-state index in [0.29, 0.717) is 0 Å². The molecular weight excluding hydrogens is 136 g/mol. The molecule has 11 heavy (non-hydrogen) atoms. The molecule has 1 aromatic rings. The van der Waals surface area contributed by atoms with E-state index in [1.54, 1.807) is 0 Å². The van der Waals surface area contributed by atoms with Crippen LogP contribution in [-0.2, 0) is 12.8 Å². The highest BCUT2D eigenvalue weighted by molar-refractivity contribution is 5.23. The number of aliphatic hydroxyl groups is 1. The highest BCUT2D eigenvalue weighted by atomic mass is 16.2. The van der Waals surface area contributed by atoms with Gasteiger partial charge in [-0.2, -0.15) is 0 Å². The number of rotatable bonds is 3. The van der Waals surface area contributed by atoms with E-state index < -0.39 is 0 Å². The van der Waals surface area contributed by atoms with Crippen LogP contribution in [0, 0.1) is 6.92 Å². The second-order valence-corrected chi connectivity index (χ2v) is 2.54. The molecule has 0 heterocycles. The summed E-state index contributed by atoms with van der Waals surface area (Å²) >= 11 is 0. The summed E-state index contributed by atoms with van der Waals surface area (Å²) in [6.07, 6.45) is 1.56. The summed E-state index contributed by atoms with van der Waals surface area (Å²) in [5.74, 6) is 0. The monoisotopic (exact) mass is 149 g/mol. The Bertz CT molecular complexity index is 218. The molecule has 1 radical (unpaired) electrons. The normalized spacial score (nSPS) is 10.0. The van der Waals surface area contributed by atoms with Gasteiger partial charge in [-0.25, -0.2) is 0 Å². The second-order valence-electron chi connectivity index (χ2n) is 2.54. The van der Waals surface area contributed by atoms with Crippen LogP contribution < -0.4 is 0 Å². The molecule has 0 aromatic heterocycles. The lowest BCUT2D eigenvalue weighted by molar-refractivity contribution is 0.299. The van der Waals surface area contributed by atoms with Crippen LogP contribution in [0.5, 0.6) is 0 Å². The van der Waals surface area contributed by atoms with Gasteiger partial charge in [0.05, 0.1) is 0 Å². The zero-order valence-electron chi connectivity index (χ0n) is 6.59. The fourth-order valence-corrected chi connectivity index (χ4v) is 1.07. The van der Waals surface area contributed by atoms with Crippen LogP contribution in [-0.4, -0.2) is 11.7 Å². The molecule has 0 aliphatic rings. The van der Waals surface area contributed by atoms with Crippen LogP contribution >= 0.6 is 0 Å². The molecule has 0 unspecified atom stereocenters. The van der Waals surface area contributed by atoms with E-state index in [1.165, 1.54) is 11.1 Å². The molecule has 1 rings (SSSR count). The Kier molecular flexibility index (Phi) is 3.12. The molecule has 1 aromatic carbocycles. The standard InChI is InChI=1S/C10H13O/c1-2-9-4-3-5-10(8-9)6-7-11/h3-5,8,11H,1-2,6-7H2. The van der Waals surface area contributed by atoms with Gasteiger partial charge in [0.2, 0.25) is 0 Å². The van der Waals surface area contributed by atoms with E-state index in [4.69, 9.17) is 5.11 Å². The predicted molar refractivity (Wildman–Crippen MR) is 46.3 cm³/mol. The lowest BCUT2D eigenvalue weighted by Gasteiger charge is -2.00. The lowest BCUT2D eigenvalue weighted by atomic mass is 10.1. The van der Waals surface area contributed by atoms with Crippen LogP contribution in [0.2, 0.25) is 0 Å². The molecule has 1 nitrogen and oxygen atoms in total. The van der Waals surface area contributed by atoms with Gasteiger partial charge >= 0.3 is 0 Å². The third-order valence-corrected chi connectivity index (χ3v) is 1.68. The first-order valence-corrected chi connectivity index (χ1v) is 3.84. The van der Waals surface area contributed by atoms with Crippen molar-refractivity contribution in [2.75, 3.05) is 6.61 Å². The van der Waals surface area contributed by atoms with Crippen molar-refractivity contribution in [3.63, 3.8) is 0 Å². The van der Waals surface area contributed by atoms with Crippen molar-refractivity contribution >= 4 is 0 Å². The first kappa shape index (κ1) is 8.28. The molecule has 0 saturated carbocycles. The van der Waals surface area contributed by atoms with E-state index in [2.05, 4.69) is 13.0 Å². The van der Waals surface area contributed by atoms with Gasteiger partial charge in [-0.15, -0.1) is 0 Å². The lowest BCUT2D eigenvalue weighted by Crippen LogP contribution is -1.91. The van der Waals surface area contributed by atoms with Gasteiger partial charge in [0.15, 0.2) is 0 Å². The summed E-state index contributed by atoms with van der Waals surface area (Å²) in [7, 11) is 0. The molecule has 0 spiro atoms. The maximum Gasteiger partial charge on any atom is 0.0471 e. The van der Waals surface area contributed by atoms with E-state index in [9.17, 15) is 0 Å². The third kappa shape index (κ3) is 2.35. The molecule has 0 atom stereocenters. The average molecular weight is 149 g/mol. The Balaban J connectivity index is 2.74. The van der Waals surface area contributed by atoms with Crippen molar-refractivity contribution in [3.8, 4) is 0 Å². The number of hydrogen-bond donors (Lipinski definition) is 1. The van der Waals surface area contributed by atoms with E-state index >= 15 is 0 Å². The SMILES string of the molecule is [CH2]Cc1cccc(CCO)c1. The van der Waals surface area contributed by atoms with Gasteiger partial charge in [-0.3, -0.25) is 0 Å². The van der Waals surface area contributed by atoms with E-state index in [0.717, 1.165) is 12.8 Å². The minimum absolute atomic E-state index is 0.223. The summed E-state index contributed by atoms with van der Waals surface area (Å²) in [5.41, 5.74) is 2.42. The molecule has 59 valence electrons. The van der Waals surface area contributed by atoms with Crippen molar-refractivity contribution in [2.24, 2.45) is 0 Å². The van der Waals surface area contributed by atoms with Crippen molar-refractivity contribution in [3.05, 3.63) is 42.3 Å². The molecule has 0 aliphatic carbocycles. The van der Waals surface area contributed by atoms with Crippen LogP contribution in [0.15, 0.2) is 24.3 Å². The van der Waals surface area contributed by atoms with E-state index in [1.807, 2.05) is 18.2 Å². The molecule has 0 saturated heterocycles. The zero-order valence-corrected chi connectivity index (χ0v) is 6.59. The molecule has 0 bridgehead atoms. The van der Waals surface area contributed by atoms with Gasteiger partial charge in [0.1, 0.15) is 0 Å². The van der Waals surface area contributed by atoms with Crippen LogP contribution in [0.3, 0.4) is 0 Å².